The Hall–Kier alpha value is -0.120. The molecule has 1 N–H and O–H groups in total. The fourth-order valence-electron chi connectivity index (χ4n) is 3.66. The quantitative estimate of drug-likeness (QED) is 0.591. The van der Waals surface area contributed by atoms with Gasteiger partial charge in [0.1, 0.15) is 0 Å². The van der Waals surface area contributed by atoms with E-state index in [0.29, 0.717) is 5.41 Å². The molecule has 1 aliphatic carbocycles. The molecule has 126 valence electrons. The van der Waals surface area contributed by atoms with Gasteiger partial charge in [0.05, 0.1) is 0 Å². The first-order chi connectivity index (χ1) is 10.1. The van der Waals surface area contributed by atoms with Gasteiger partial charge in [0.15, 0.2) is 0 Å². The molecule has 3 heteroatoms. The highest BCUT2D eigenvalue weighted by atomic mass is 15.1. The second kappa shape index (κ2) is 10.6. The first kappa shape index (κ1) is 18.9. The van der Waals surface area contributed by atoms with Crippen LogP contribution in [0.1, 0.15) is 58.8 Å². The van der Waals surface area contributed by atoms with Crippen LogP contribution in [0, 0.1) is 5.41 Å². The Bertz CT molecular complexity index is 247. The Labute approximate surface area is 133 Å². The Kier molecular flexibility index (Phi) is 9.54. The fraction of sp³-hybridized carbons (Fsp3) is 1.00. The van der Waals surface area contributed by atoms with Crippen molar-refractivity contribution in [1.82, 2.24) is 15.1 Å². The summed E-state index contributed by atoms with van der Waals surface area (Å²) in [4.78, 5) is 5.00. The van der Waals surface area contributed by atoms with Crippen LogP contribution in [-0.4, -0.2) is 63.2 Å². The minimum Gasteiger partial charge on any atom is -0.316 e. The lowest BCUT2D eigenvalue weighted by Gasteiger charge is -2.41. The molecule has 0 bridgehead atoms. The standard InChI is InChI=1S/C18H39N3/c1-5-13-19-16-18(11-8-7-9-12-18)17-21(6-2)15-10-14-20(3)4/h19H,5-17H2,1-4H3. The van der Waals surface area contributed by atoms with E-state index in [4.69, 9.17) is 0 Å². The van der Waals surface area contributed by atoms with Gasteiger partial charge in [0.2, 0.25) is 0 Å². The third kappa shape index (κ3) is 7.62. The zero-order valence-corrected chi connectivity index (χ0v) is 15.1. The molecule has 1 rings (SSSR count). The van der Waals surface area contributed by atoms with Gasteiger partial charge >= 0.3 is 0 Å². The van der Waals surface area contributed by atoms with Crippen LogP contribution in [0.4, 0.5) is 0 Å². The zero-order valence-electron chi connectivity index (χ0n) is 15.1. The molecule has 0 radical (unpaired) electrons. The van der Waals surface area contributed by atoms with E-state index in [9.17, 15) is 0 Å². The average Bonchev–Trinajstić information content (AvgIpc) is 2.47. The molecule has 21 heavy (non-hydrogen) atoms. The summed E-state index contributed by atoms with van der Waals surface area (Å²) in [7, 11) is 4.35. The summed E-state index contributed by atoms with van der Waals surface area (Å²) in [6.07, 6.45) is 9.70. The van der Waals surface area contributed by atoms with Gasteiger partial charge in [-0.1, -0.05) is 33.1 Å². The minimum atomic E-state index is 0.543. The normalized spacial score (nSPS) is 18.6. The van der Waals surface area contributed by atoms with Crippen molar-refractivity contribution in [2.45, 2.75) is 58.8 Å². The third-order valence-electron chi connectivity index (χ3n) is 4.93. The Morgan fingerprint density at radius 1 is 1.00 bits per heavy atom. The molecule has 0 atom stereocenters. The summed E-state index contributed by atoms with van der Waals surface area (Å²) in [5.41, 5.74) is 0.543. The molecule has 1 fully saturated rings. The number of hydrogen-bond acceptors (Lipinski definition) is 3. The lowest BCUT2D eigenvalue weighted by atomic mass is 9.73. The molecule has 0 aromatic carbocycles. The highest BCUT2D eigenvalue weighted by molar-refractivity contribution is 4.87. The maximum Gasteiger partial charge on any atom is 0.00500 e. The summed E-state index contributed by atoms with van der Waals surface area (Å²) in [6.45, 7) is 11.9. The largest absolute Gasteiger partial charge is 0.316 e. The van der Waals surface area contributed by atoms with Gasteiger partial charge in [-0.2, -0.15) is 0 Å². The molecule has 0 unspecified atom stereocenters. The first-order valence-electron chi connectivity index (χ1n) is 9.19. The maximum atomic E-state index is 3.71. The summed E-state index contributed by atoms with van der Waals surface area (Å²) in [5, 5.41) is 3.71. The number of nitrogens with zero attached hydrogens (tertiary/aromatic N) is 2. The SMILES string of the molecule is CCCNCC1(CN(CC)CCCN(C)C)CCCCC1. The number of hydrogen-bond donors (Lipinski definition) is 1. The van der Waals surface area contributed by atoms with E-state index in [1.165, 1.54) is 84.2 Å². The van der Waals surface area contributed by atoms with Crippen LogP contribution in [0.3, 0.4) is 0 Å². The minimum absolute atomic E-state index is 0.543. The highest BCUT2D eigenvalue weighted by Crippen LogP contribution is 2.36. The Balaban J connectivity index is 2.47. The van der Waals surface area contributed by atoms with Gasteiger partial charge in [0, 0.05) is 13.1 Å². The molecule has 1 saturated carbocycles. The van der Waals surface area contributed by atoms with Gasteiger partial charge in [0.25, 0.3) is 0 Å². The molecule has 0 heterocycles. The van der Waals surface area contributed by atoms with Crippen LogP contribution < -0.4 is 5.32 Å². The van der Waals surface area contributed by atoms with Crippen LogP contribution >= 0.6 is 0 Å². The molecule has 0 amide bonds. The summed E-state index contributed by atoms with van der Waals surface area (Å²) >= 11 is 0. The smallest absolute Gasteiger partial charge is 0.00500 e. The van der Waals surface area contributed by atoms with Crippen molar-refractivity contribution in [1.29, 1.82) is 0 Å². The van der Waals surface area contributed by atoms with Gasteiger partial charge < -0.3 is 15.1 Å². The molecule has 0 saturated heterocycles. The molecular weight excluding hydrogens is 258 g/mol. The summed E-state index contributed by atoms with van der Waals surface area (Å²) < 4.78 is 0. The van der Waals surface area contributed by atoms with Crippen molar-refractivity contribution in [3.63, 3.8) is 0 Å². The monoisotopic (exact) mass is 297 g/mol. The van der Waals surface area contributed by atoms with Crippen LogP contribution in [0.2, 0.25) is 0 Å². The van der Waals surface area contributed by atoms with Crippen molar-refractivity contribution in [3.8, 4) is 0 Å². The van der Waals surface area contributed by atoms with E-state index in [1.807, 2.05) is 0 Å². The number of rotatable bonds is 11. The maximum absolute atomic E-state index is 3.71. The first-order valence-corrected chi connectivity index (χ1v) is 9.19. The Morgan fingerprint density at radius 3 is 2.29 bits per heavy atom. The predicted molar refractivity (Wildman–Crippen MR) is 94.0 cm³/mol. The van der Waals surface area contributed by atoms with E-state index in [0.717, 1.165) is 0 Å². The molecule has 0 aliphatic heterocycles. The Morgan fingerprint density at radius 2 is 1.71 bits per heavy atom. The van der Waals surface area contributed by atoms with E-state index in [-0.39, 0.29) is 0 Å². The lowest BCUT2D eigenvalue weighted by Crippen LogP contribution is -2.46. The van der Waals surface area contributed by atoms with Crippen molar-refractivity contribution in [3.05, 3.63) is 0 Å². The van der Waals surface area contributed by atoms with Gasteiger partial charge in [-0.05, 0) is 71.4 Å². The molecule has 3 nitrogen and oxygen atoms in total. The third-order valence-corrected chi connectivity index (χ3v) is 4.93. The van der Waals surface area contributed by atoms with Crippen molar-refractivity contribution >= 4 is 0 Å². The fourth-order valence-corrected chi connectivity index (χ4v) is 3.66. The molecule has 0 aromatic heterocycles. The van der Waals surface area contributed by atoms with E-state index >= 15 is 0 Å². The van der Waals surface area contributed by atoms with Crippen molar-refractivity contribution in [2.24, 2.45) is 5.41 Å². The van der Waals surface area contributed by atoms with Crippen molar-refractivity contribution in [2.75, 3.05) is 53.4 Å². The van der Waals surface area contributed by atoms with E-state index in [1.54, 1.807) is 0 Å². The van der Waals surface area contributed by atoms with Gasteiger partial charge in [-0.25, -0.2) is 0 Å². The second-order valence-corrected chi connectivity index (χ2v) is 7.26. The highest BCUT2D eigenvalue weighted by Gasteiger charge is 2.33. The molecule has 0 spiro atoms. The predicted octanol–water partition coefficient (Wildman–Crippen LogP) is 3.21. The second-order valence-electron chi connectivity index (χ2n) is 7.26. The van der Waals surface area contributed by atoms with Gasteiger partial charge in [-0.15, -0.1) is 0 Å². The molecule has 0 aromatic rings. The van der Waals surface area contributed by atoms with E-state index in [2.05, 4.69) is 43.1 Å². The topological polar surface area (TPSA) is 18.5 Å². The lowest BCUT2D eigenvalue weighted by molar-refractivity contribution is 0.103. The summed E-state index contributed by atoms with van der Waals surface area (Å²) in [6, 6.07) is 0. The van der Waals surface area contributed by atoms with Crippen LogP contribution in [0.25, 0.3) is 0 Å². The van der Waals surface area contributed by atoms with E-state index < -0.39 is 0 Å². The van der Waals surface area contributed by atoms with Crippen LogP contribution in [0.5, 0.6) is 0 Å². The van der Waals surface area contributed by atoms with Crippen LogP contribution in [0.15, 0.2) is 0 Å². The zero-order chi connectivity index (χ0) is 15.6. The molecule has 1 aliphatic rings. The summed E-state index contributed by atoms with van der Waals surface area (Å²) in [5.74, 6) is 0. The average molecular weight is 298 g/mol. The van der Waals surface area contributed by atoms with Gasteiger partial charge in [-0.3, -0.25) is 0 Å². The molecular formula is C18H39N3. The van der Waals surface area contributed by atoms with Crippen LogP contribution in [-0.2, 0) is 0 Å². The number of nitrogens with one attached hydrogen (secondary N) is 1. The van der Waals surface area contributed by atoms with Crippen molar-refractivity contribution < 1.29 is 0 Å².